The zero-order valence-electron chi connectivity index (χ0n) is 7.28. The molecule has 13 heavy (non-hydrogen) atoms. The Hall–Kier alpha value is -1.10. The van der Waals surface area contributed by atoms with Crippen molar-refractivity contribution in [1.82, 2.24) is 10.3 Å². The lowest BCUT2D eigenvalue weighted by Gasteiger charge is -2.11. The number of hydrogen-bond acceptors (Lipinski definition) is 4. The quantitative estimate of drug-likeness (QED) is 0.767. The van der Waals surface area contributed by atoms with Gasteiger partial charge in [-0.2, -0.15) is 0 Å². The molecule has 5 heteroatoms. The van der Waals surface area contributed by atoms with Crippen LogP contribution in [-0.2, 0) is 0 Å². The summed E-state index contributed by atoms with van der Waals surface area (Å²) in [4.78, 5) is 1.97. The molecule has 0 unspecified atom stereocenters. The first kappa shape index (κ1) is 8.50. The lowest BCUT2D eigenvalue weighted by Crippen LogP contribution is -2.09. The van der Waals surface area contributed by atoms with Crippen LogP contribution in [0.5, 0.6) is 0 Å². The van der Waals surface area contributed by atoms with Gasteiger partial charge < -0.3 is 4.90 Å². The second-order valence-electron chi connectivity index (χ2n) is 2.95. The van der Waals surface area contributed by atoms with Crippen LogP contribution in [-0.4, -0.2) is 24.4 Å². The molecule has 0 saturated heterocycles. The molecule has 2 aromatic rings. The van der Waals surface area contributed by atoms with E-state index in [0.29, 0.717) is 0 Å². The van der Waals surface area contributed by atoms with Crippen LogP contribution in [0.2, 0.25) is 0 Å². The average molecular weight is 242 g/mol. The Labute approximate surface area is 83.6 Å². The van der Waals surface area contributed by atoms with Crippen LogP contribution in [0, 0.1) is 0 Å². The molecule has 0 aliphatic carbocycles. The second-order valence-corrected chi connectivity index (χ2v) is 3.87. The summed E-state index contributed by atoms with van der Waals surface area (Å²) in [5, 5.41) is 7.61. The van der Waals surface area contributed by atoms with E-state index in [1.165, 1.54) is 0 Å². The van der Waals surface area contributed by atoms with Crippen molar-refractivity contribution in [1.29, 1.82) is 0 Å². The molecule has 1 heterocycles. The molecular weight excluding hydrogens is 234 g/mol. The van der Waals surface area contributed by atoms with Crippen LogP contribution in [0.15, 0.2) is 21.2 Å². The van der Waals surface area contributed by atoms with E-state index < -0.39 is 0 Å². The maximum absolute atomic E-state index is 4.66. The largest absolute Gasteiger partial charge is 0.376 e. The molecule has 4 nitrogen and oxygen atoms in total. The predicted octanol–water partition coefficient (Wildman–Crippen LogP) is 2.05. The first-order valence-electron chi connectivity index (χ1n) is 3.77. The molecule has 1 aromatic heterocycles. The summed E-state index contributed by atoms with van der Waals surface area (Å²) < 4.78 is 5.63. The molecule has 0 amide bonds. The minimum absolute atomic E-state index is 0.762. The van der Waals surface area contributed by atoms with Crippen molar-refractivity contribution in [2.45, 2.75) is 0 Å². The molecule has 0 atom stereocenters. The smallest absolute Gasteiger partial charge is 0.158 e. The van der Waals surface area contributed by atoms with Gasteiger partial charge in [0.25, 0.3) is 0 Å². The van der Waals surface area contributed by atoms with Crippen LogP contribution in [0.1, 0.15) is 0 Å². The van der Waals surface area contributed by atoms with Crippen molar-refractivity contribution in [2.24, 2.45) is 0 Å². The second kappa shape index (κ2) is 2.99. The van der Waals surface area contributed by atoms with Crippen molar-refractivity contribution in [2.75, 3.05) is 19.0 Å². The maximum atomic E-state index is 4.66. The molecule has 1 aromatic carbocycles. The van der Waals surface area contributed by atoms with Crippen LogP contribution in [0.3, 0.4) is 0 Å². The van der Waals surface area contributed by atoms with E-state index in [1.54, 1.807) is 0 Å². The predicted molar refractivity (Wildman–Crippen MR) is 53.8 cm³/mol. The number of nitrogens with zero attached hydrogens (tertiary/aromatic N) is 3. The van der Waals surface area contributed by atoms with Gasteiger partial charge in [-0.3, -0.25) is 0 Å². The Morgan fingerprint density at radius 2 is 2.08 bits per heavy atom. The van der Waals surface area contributed by atoms with Crippen molar-refractivity contribution < 1.29 is 4.63 Å². The van der Waals surface area contributed by atoms with E-state index in [-0.39, 0.29) is 0 Å². The minimum Gasteiger partial charge on any atom is -0.376 e. The minimum atomic E-state index is 0.762. The first-order valence-corrected chi connectivity index (χ1v) is 4.57. The van der Waals surface area contributed by atoms with Gasteiger partial charge in [-0.15, -0.1) is 0 Å². The van der Waals surface area contributed by atoms with E-state index in [0.717, 1.165) is 21.2 Å². The van der Waals surface area contributed by atoms with Gasteiger partial charge in [-0.1, -0.05) is 15.9 Å². The summed E-state index contributed by atoms with van der Waals surface area (Å²) in [6.07, 6.45) is 0. The summed E-state index contributed by atoms with van der Waals surface area (Å²) in [6, 6.07) is 3.85. The number of hydrogen-bond donors (Lipinski definition) is 0. The Morgan fingerprint density at radius 1 is 1.31 bits per heavy atom. The molecular formula is C8H8BrN3O. The summed E-state index contributed by atoms with van der Waals surface area (Å²) in [5.41, 5.74) is 2.54. The van der Waals surface area contributed by atoms with Gasteiger partial charge in [0.1, 0.15) is 5.52 Å². The van der Waals surface area contributed by atoms with Gasteiger partial charge in [-0.25, -0.2) is 4.63 Å². The third-order valence-corrected chi connectivity index (χ3v) is 2.25. The average Bonchev–Trinajstić information content (AvgIpc) is 2.49. The van der Waals surface area contributed by atoms with Crippen LogP contribution >= 0.6 is 15.9 Å². The highest BCUT2D eigenvalue weighted by molar-refractivity contribution is 9.10. The number of halogens is 1. The van der Waals surface area contributed by atoms with Crippen LogP contribution in [0.25, 0.3) is 11.0 Å². The van der Waals surface area contributed by atoms with E-state index in [1.807, 2.05) is 31.1 Å². The zero-order chi connectivity index (χ0) is 9.42. The molecule has 0 fully saturated rings. The van der Waals surface area contributed by atoms with Gasteiger partial charge >= 0.3 is 0 Å². The Balaban J connectivity index is 2.77. The topological polar surface area (TPSA) is 42.2 Å². The normalized spacial score (nSPS) is 10.7. The van der Waals surface area contributed by atoms with Crippen molar-refractivity contribution >= 4 is 32.7 Å². The number of rotatable bonds is 1. The Morgan fingerprint density at radius 3 is 2.77 bits per heavy atom. The summed E-state index contributed by atoms with van der Waals surface area (Å²) in [6.45, 7) is 0. The van der Waals surface area contributed by atoms with Gasteiger partial charge in [0.15, 0.2) is 5.52 Å². The molecule has 0 saturated carbocycles. The SMILES string of the molecule is CN(C)c1cc(Br)cc2nonc12. The number of benzene rings is 1. The lowest BCUT2D eigenvalue weighted by atomic mass is 10.2. The number of fused-ring (bicyclic) bond motifs is 1. The third-order valence-electron chi connectivity index (χ3n) is 1.79. The van der Waals surface area contributed by atoms with Gasteiger partial charge in [0.2, 0.25) is 0 Å². The van der Waals surface area contributed by atoms with Gasteiger partial charge in [0.05, 0.1) is 5.69 Å². The van der Waals surface area contributed by atoms with E-state index in [4.69, 9.17) is 0 Å². The maximum Gasteiger partial charge on any atom is 0.158 e. The standard InChI is InChI=1S/C8H8BrN3O/c1-12(2)7-4-5(9)3-6-8(7)11-13-10-6/h3-4H,1-2H3. The Kier molecular flexibility index (Phi) is 1.95. The van der Waals surface area contributed by atoms with E-state index in [9.17, 15) is 0 Å². The molecule has 0 bridgehead atoms. The molecule has 2 rings (SSSR count). The molecule has 0 aliphatic rings. The van der Waals surface area contributed by atoms with E-state index >= 15 is 0 Å². The third kappa shape index (κ3) is 1.39. The number of aromatic nitrogens is 2. The molecule has 0 spiro atoms. The highest BCUT2D eigenvalue weighted by atomic mass is 79.9. The number of anilines is 1. The Bertz CT molecular complexity index is 438. The molecule has 0 radical (unpaired) electrons. The molecule has 0 aliphatic heterocycles. The van der Waals surface area contributed by atoms with Crippen LogP contribution in [0.4, 0.5) is 5.69 Å². The van der Waals surface area contributed by atoms with Crippen LogP contribution < -0.4 is 4.90 Å². The zero-order valence-corrected chi connectivity index (χ0v) is 8.87. The fraction of sp³-hybridized carbons (Fsp3) is 0.250. The molecule has 68 valence electrons. The monoisotopic (exact) mass is 241 g/mol. The molecule has 0 N–H and O–H groups in total. The van der Waals surface area contributed by atoms with Gasteiger partial charge in [0, 0.05) is 18.6 Å². The summed E-state index contributed by atoms with van der Waals surface area (Å²) >= 11 is 3.40. The summed E-state index contributed by atoms with van der Waals surface area (Å²) in [5.74, 6) is 0. The van der Waals surface area contributed by atoms with Crippen molar-refractivity contribution in [3.8, 4) is 0 Å². The van der Waals surface area contributed by atoms with Crippen molar-refractivity contribution in [3.63, 3.8) is 0 Å². The first-order chi connectivity index (χ1) is 6.18. The highest BCUT2D eigenvalue weighted by Crippen LogP contribution is 2.27. The fourth-order valence-corrected chi connectivity index (χ4v) is 1.61. The van der Waals surface area contributed by atoms with E-state index in [2.05, 4.69) is 30.9 Å². The summed E-state index contributed by atoms with van der Waals surface area (Å²) in [7, 11) is 3.91. The van der Waals surface area contributed by atoms with Crippen molar-refractivity contribution in [3.05, 3.63) is 16.6 Å². The van der Waals surface area contributed by atoms with Gasteiger partial charge in [-0.05, 0) is 22.4 Å². The lowest BCUT2D eigenvalue weighted by molar-refractivity contribution is 0.315. The fourth-order valence-electron chi connectivity index (χ4n) is 1.18. The highest BCUT2D eigenvalue weighted by Gasteiger charge is 2.09.